The summed E-state index contributed by atoms with van der Waals surface area (Å²) in [5.74, 6) is 0.980. The van der Waals surface area contributed by atoms with Crippen molar-refractivity contribution < 1.29 is 4.74 Å². The first-order valence-electron chi connectivity index (χ1n) is 9.59. The molecule has 2 atom stereocenters. The Bertz CT molecular complexity index is 552. The van der Waals surface area contributed by atoms with Gasteiger partial charge in [0.2, 0.25) is 0 Å². The van der Waals surface area contributed by atoms with E-state index in [1.807, 2.05) is 0 Å². The Labute approximate surface area is 146 Å². The van der Waals surface area contributed by atoms with Crippen LogP contribution < -0.4 is 10.1 Å². The van der Waals surface area contributed by atoms with Gasteiger partial charge < -0.3 is 15.0 Å². The molecule has 0 spiro atoms. The van der Waals surface area contributed by atoms with E-state index in [1.54, 1.807) is 7.11 Å². The van der Waals surface area contributed by atoms with E-state index in [4.69, 9.17) is 4.74 Å². The van der Waals surface area contributed by atoms with Gasteiger partial charge in [0.25, 0.3) is 0 Å². The van der Waals surface area contributed by atoms with Crippen molar-refractivity contribution in [1.29, 1.82) is 0 Å². The Morgan fingerprint density at radius 2 is 1.83 bits per heavy atom. The van der Waals surface area contributed by atoms with Crippen LogP contribution in [0.4, 0.5) is 0 Å². The molecule has 1 N–H and O–H groups in total. The van der Waals surface area contributed by atoms with Crippen molar-refractivity contribution in [3.05, 3.63) is 29.8 Å². The molecular formula is C20H31N3O. The zero-order valence-corrected chi connectivity index (χ0v) is 15.1. The largest absolute Gasteiger partial charge is 0.497 e. The van der Waals surface area contributed by atoms with Gasteiger partial charge in [0.15, 0.2) is 0 Å². The quantitative estimate of drug-likeness (QED) is 0.899. The Morgan fingerprint density at radius 1 is 1.04 bits per heavy atom. The third kappa shape index (κ3) is 3.46. The summed E-state index contributed by atoms with van der Waals surface area (Å²) in [6, 6.07) is 11.3. The molecule has 0 aromatic heterocycles. The molecule has 1 aromatic rings. The van der Waals surface area contributed by atoms with Crippen molar-refractivity contribution in [1.82, 2.24) is 15.1 Å². The summed E-state index contributed by atoms with van der Waals surface area (Å²) >= 11 is 0. The van der Waals surface area contributed by atoms with Gasteiger partial charge in [-0.15, -0.1) is 0 Å². The van der Waals surface area contributed by atoms with E-state index in [0.717, 1.165) is 11.8 Å². The second-order valence-electron chi connectivity index (χ2n) is 7.83. The molecule has 1 saturated carbocycles. The highest BCUT2D eigenvalue weighted by Gasteiger charge is 2.43. The standard InChI is InChI=1S/C20H31N3O/c1-22-11-8-16(9-12-22)21-19-10-13-23(17-6-7-17)20(19)15-4-3-5-18(14-15)24-2/h3-5,14,16-17,19-21H,6-13H2,1-2H3. The Balaban J connectivity index is 1.51. The molecule has 0 bridgehead atoms. The van der Waals surface area contributed by atoms with Gasteiger partial charge in [-0.25, -0.2) is 0 Å². The van der Waals surface area contributed by atoms with Gasteiger partial charge >= 0.3 is 0 Å². The van der Waals surface area contributed by atoms with Crippen LogP contribution in [0.2, 0.25) is 0 Å². The molecule has 1 aliphatic carbocycles. The highest BCUT2D eigenvalue weighted by atomic mass is 16.5. The van der Waals surface area contributed by atoms with Crippen LogP contribution in [0.25, 0.3) is 0 Å². The third-order valence-electron chi connectivity index (χ3n) is 6.06. The monoisotopic (exact) mass is 329 g/mol. The number of rotatable bonds is 5. The number of likely N-dealkylation sites (tertiary alicyclic amines) is 2. The molecule has 4 heteroatoms. The number of nitrogens with one attached hydrogen (secondary N) is 1. The average Bonchev–Trinajstić information content (AvgIpc) is 3.38. The van der Waals surface area contributed by atoms with Crippen LogP contribution in [0.5, 0.6) is 5.75 Å². The van der Waals surface area contributed by atoms with Crippen LogP contribution in [0.1, 0.15) is 43.7 Å². The summed E-state index contributed by atoms with van der Waals surface area (Å²) in [6.07, 6.45) is 6.58. The first-order chi connectivity index (χ1) is 11.7. The van der Waals surface area contributed by atoms with Crippen molar-refractivity contribution in [2.45, 2.75) is 56.3 Å². The zero-order chi connectivity index (χ0) is 16.5. The van der Waals surface area contributed by atoms with E-state index in [9.17, 15) is 0 Å². The predicted octanol–water partition coefficient (Wildman–Crippen LogP) is 2.66. The average molecular weight is 329 g/mol. The van der Waals surface area contributed by atoms with Crippen molar-refractivity contribution >= 4 is 0 Å². The van der Waals surface area contributed by atoms with E-state index in [1.165, 1.54) is 57.3 Å². The minimum atomic E-state index is 0.507. The van der Waals surface area contributed by atoms with Crippen molar-refractivity contribution in [3.63, 3.8) is 0 Å². The molecule has 3 aliphatic rings. The summed E-state index contributed by atoms with van der Waals surface area (Å²) in [4.78, 5) is 5.20. The fourth-order valence-corrected chi connectivity index (χ4v) is 4.53. The topological polar surface area (TPSA) is 27.7 Å². The van der Waals surface area contributed by atoms with Gasteiger partial charge in [0, 0.05) is 24.7 Å². The van der Waals surface area contributed by atoms with Crippen molar-refractivity contribution in [2.75, 3.05) is 33.8 Å². The lowest BCUT2D eigenvalue weighted by atomic mass is 9.96. The molecule has 4 nitrogen and oxygen atoms in total. The van der Waals surface area contributed by atoms with Crippen LogP contribution >= 0.6 is 0 Å². The number of nitrogens with zero attached hydrogens (tertiary/aromatic N) is 2. The fraction of sp³-hybridized carbons (Fsp3) is 0.700. The molecule has 2 aliphatic heterocycles. The smallest absolute Gasteiger partial charge is 0.119 e. The number of benzene rings is 1. The molecule has 2 heterocycles. The van der Waals surface area contributed by atoms with Gasteiger partial charge in [-0.05, 0) is 69.9 Å². The molecule has 24 heavy (non-hydrogen) atoms. The van der Waals surface area contributed by atoms with Gasteiger partial charge in [-0.1, -0.05) is 12.1 Å². The zero-order valence-electron chi connectivity index (χ0n) is 15.1. The SMILES string of the molecule is COc1cccc(C2C(NC3CCN(C)CC3)CCN2C2CC2)c1. The highest BCUT2D eigenvalue weighted by Crippen LogP contribution is 2.42. The lowest BCUT2D eigenvalue weighted by molar-refractivity contribution is 0.193. The normalized spacial score (nSPS) is 29.9. The molecule has 4 rings (SSSR count). The van der Waals surface area contributed by atoms with Crippen molar-refractivity contribution in [3.8, 4) is 5.75 Å². The number of piperidine rings is 1. The summed E-state index contributed by atoms with van der Waals surface area (Å²) in [5.41, 5.74) is 1.42. The van der Waals surface area contributed by atoms with Crippen LogP contribution in [0, 0.1) is 0 Å². The Morgan fingerprint density at radius 3 is 2.54 bits per heavy atom. The lowest BCUT2D eigenvalue weighted by Gasteiger charge is -2.35. The minimum Gasteiger partial charge on any atom is -0.497 e. The fourth-order valence-electron chi connectivity index (χ4n) is 4.53. The van der Waals surface area contributed by atoms with Gasteiger partial charge in [-0.2, -0.15) is 0 Å². The van der Waals surface area contributed by atoms with E-state index in [0.29, 0.717) is 18.1 Å². The minimum absolute atomic E-state index is 0.507. The van der Waals surface area contributed by atoms with Crippen LogP contribution in [-0.2, 0) is 0 Å². The van der Waals surface area contributed by atoms with Gasteiger partial charge in [0.1, 0.15) is 5.75 Å². The van der Waals surface area contributed by atoms with Gasteiger partial charge in [-0.3, -0.25) is 4.90 Å². The first-order valence-corrected chi connectivity index (χ1v) is 9.59. The summed E-state index contributed by atoms with van der Waals surface area (Å²) in [6.45, 7) is 3.68. The van der Waals surface area contributed by atoms with Crippen molar-refractivity contribution in [2.24, 2.45) is 0 Å². The molecule has 0 radical (unpaired) electrons. The molecule has 2 saturated heterocycles. The van der Waals surface area contributed by atoms with E-state index in [-0.39, 0.29) is 0 Å². The number of hydrogen-bond acceptors (Lipinski definition) is 4. The number of methoxy groups -OCH3 is 1. The molecule has 2 unspecified atom stereocenters. The highest BCUT2D eigenvalue weighted by molar-refractivity contribution is 5.32. The van der Waals surface area contributed by atoms with E-state index >= 15 is 0 Å². The van der Waals surface area contributed by atoms with Crippen LogP contribution in [-0.4, -0.2) is 61.7 Å². The van der Waals surface area contributed by atoms with Crippen LogP contribution in [0.3, 0.4) is 0 Å². The van der Waals surface area contributed by atoms with E-state index in [2.05, 4.69) is 46.4 Å². The lowest BCUT2D eigenvalue weighted by Crippen LogP contribution is -2.47. The summed E-state index contributed by atoms with van der Waals surface area (Å²) < 4.78 is 5.48. The molecule has 3 fully saturated rings. The number of ether oxygens (including phenoxy) is 1. The maximum atomic E-state index is 5.48. The maximum absolute atomic E-state index is 5.48. The predicted molar refractivity (Wildman–Crippen MR) is 97.5 cm³/mol. The Kier molecular flexibility index (Phi) is 4.79. The summed E-state index contributed by atoms with van der Waals surface area (Å²) in [5, 5.41) is 4.03. The first kappa shape index (κ1) is 16.4. The molecule has 1 aromatic carbocycles. The number of hydrogen-bond donors (Lipinski definition) is 1. The second-order valence-corrected chi connectivity index (χ2v) is 7.83. The van der Waals surface area contributed by atoms with Gasteiger partial charge in [0.05, 0.1) is 13.2 Å². The molecule has 0 amide bonds. The third-order valence-corrected chi connectivity index (χ3v) is 6.06. The maximum Gasteiger partial charge on any atom is 0.119 e. The Hall–Kier alpha value is -1.10. The molecular weight excluding hydrogens is 298 g/mol. The molecule has 132 valence electrons. The summed E-state index contributed by atoms with van der Waals surface area (Å²) in [7, 11) is 4.00. The van der Waals surface area contributed by atoms with E-state index < -0.39 is 0 Å². The second kappa shape index (κ2) is 7.03. The van der Waals surface area contributed by atoms with Crippen LogP contribution in [0.15, 0.2) is 24.3 Å².